The lowest BCUT2D eigenvalue weighted by atomic mass is 10.1. The van der Waals surface area contributed by atoms with Gasteiger partial charge in [-0.25, -0.2) is 0 Å². The molecule has 1 atom stereocenters. The Balaban J connectivity index is 2.87. The molecule has 1 aromatic carbocycles. The molecule has 19 heavy (non-hydrogen) atoms. The molecule has 0 radical (unpaired) electrons. The Labute approximate surface area is 119 Å². The second kappa shape index (κ2) is 7.40. The number of rotatable bonds is 7. The van der Waals surface area contributed by atoms with E-state index >= 15 is 0 Å². The Hall–Kier alpha value is -1.20. The largest absolute Gasteiger partial charge is 0.493 e. The van der Waals surface area contributed by atoms with Crippen molar-refractivity contribution in [3.63, 3.8) is 0 Å². The molecule has 1 aromatic rings. The number of hydrogen-bond acceptors (Lipinski definition) is 4. The standard InChI is InChI=1S/C14H21NO3S/c1-9(2)15-11(14(16)19)7-10-5-6-12(17-3)13(8-10)18-4/h5-6,8-9,11,15H,7H2,1-4H3,(H,16,19)/t11-/m0/s1. The maximum atomic E-state index is 11.5. The number of nitrogens with one attached hydrogen (secondary N) is 1. The Morgan fingerprint density at radius 3 is 2.37 bits per heavy atom. The van der Waals surface area contributed by atoms with E-state index in [2.05, 4.69) is 17.9 Å². The van der Waals surface area contributed by atoms with E-state index in [1.807, 2.05) is 32.0 Å². The summed E-state index contributed by atoms with van der Waals surface area (Å²) in [6.45, 7) is 4.00. The summed E-state index contributed by atoms with van der Waals surface area (Å²) in [4.78, 5) is 11.5. The second-order valence-electron chi connectivity index (χ2n) is 4.61. The van der Waals surface area contributed by atoms with Crippen LogP contribution in [0.4, 0.5) is 0 Å². The van der Waals surface area contributed by atoms with Gasteiger partial charge in [0.05, 0.1) is 20.3 Å². The molecule has 0 fully saturated rings. The molecule has 0 saturated carbocycles. The number of carbonyl (C=O) groups is 1. The van der Waals surface area contributed by atoms with Crippen LogP contribution < -0.4 is 14.8 Å². The normalized spacial score (nSPS) is 12.3. The molecule has 0 aromatic heterocycles. The van der Waals surface area contributed by atoms with Crippen molar-refractivity contribution < 1.29 is 14.3 Å². The van der Waals surface area contributed by atoms with Gasteiger partial charge in [-0.05, 0) is 24.1 Å². The first-order valence-electron chi connectivity index (χ1n) is 6.17. The highest BCUT2D eigenvalue weighted by molar-refractivity contribution is 7.96. The van der Waals surface area contributed by atoms with Gasteiger partial charge in [0.2, 0.25) is 5.12 Å². The number of thiol groups is 1. The summed E-state index contributed by atoms with van der Waals surface area (Å²) in [7, 11) is 3.19. The van der Waals surface area contributed by atoms with Crippen molar-refractivity contribution in [2.24, 2.45) is 0 Å². The molecule has 0 spiro atoms. The van der Waals surface area contributed by atoms with Crippen molar-refractivity contribution >= 4 is 17.7 Å². The van der Waals surface area contributed by atoms with E-state index in [-0.39, 0.29) is 17.2 Å². The highest BCUT2D eigenvalue weighted by atomic mass is 32.1. The minimum atomic E-state index is -0.304. The highest BCUT2D eigenvalue weighted by Crippen LogP contribution is 2.28. The fourth-order valence-corrected chi connectivity index (χ4v) is 2.03. The van der Waals surface area contributed by atoms with E-state index in [4.69, 9.17) is 9.47 Å². The number of ether oxygens (including phenoxy) is 2. The average molecular weight is 283 g/mol. The molecular weight excluding hydrogens is 262 g/mol. The van der Waals surface area contributed by atoms with E-state index in [0.717, 1.165) is 5.56 Å². The van der Waals surface area contributed by atoms with Crippen molar-refractivity contribution in [1.29, 1.82) is 0 Å². The molecule has 1 rings (SSSR count). The van der Waals surface area contributed by atoms with Gasteiger partial charge in [-0.15, -0.1) is 12.6 Å². The van der Waals surface area contributed by atoms with Gasteiger partial charge in [0.15, 0.2) is 11.5 Å². The second-order valence-corrected chi connectivity index (χ2v) is 5.05. The average Bonchev–Trinajstić information content (AvgIpc) is 2.37. The van der Waals surface area contributed by atoms with Crippen LogP contribution in [0.15, 0.2) is 18.2 Å². The maximum Gasteiger partial charge on any atom is 0.203 e. The molecule has 0 unspecified atom stereocenters. The minimum absolute atomic E-state index is 0.163. The van der Waals surface area contributed by atoms with Gasteiger partial charge in [0.25, 0.3) is 0 Å². The van der Waals surface area contributed by atoms with Crippen LogP contribution in [-0.4, -0.2) is 31.4 Å². The highest BCUT2D eigenvalue weighted by Gasteiger charge is 2.17. The summed E-state index contributed by atoms with van der Waals surface area (Å²) in [5, 5.41) is 3.03. The van der Waals surface area contributed by atoms with Crippen LogP contribution in [0.25, 0.3) is 0 Å². The summed E-state index contributed by atoms with van der Waals surface area (Å²) < 4.78 is 10.4. The monoisotopic (exact) mass is 283 g/mol. The van der Waals surface area contributed by atoms with Gasteiger partial charge in [-0.2, -0.15) is 0 Å². The molecule has 4 nitrogen and oxygen atoms in total. The van der Waals surface area contributed by atoms with Gasteiger partial charge < -0.3 is 14.8 Å². The number of methoxy groups -OCH3 is 2. The quantitative estimate of drug-likeness (QED) is 0.752. The van der Waals surface area contributed by atoms with Crippen LogP contribution in [0, 0.1) is 0 Å². The topological polar surface area (TPSA) is 47.6 Å². The minimum Gasteiger partial charge on any atom is -0.493 e. The summed E-state index contributed by atoms with van der Waals surface area (Å²) >= 11 is 3.93. The molecular formula is C14H21NO3S. The van der Waals surface area contributed by atoms with Crippen molar-refractivity contribution in [1.82, 2.24) is 5.32 Å². The molecule has 0 aliphatic rings. The summed E-state index contributed by atoms with van der Waals surface area (Å²) in [5.74, 6) is 1.34. The van der Waals surface area contributed by atoms with Gasteiger partial charge in [-0.3, -0.25) is 4.79 Å². The third-order valence-electron chi connectivity index (χ3n) is 2.72. The molecule has 0 saturated heterocycles. The van der Waals surface area contributed by atoms with Gasteiger partial charge >= 0.3 is 0 Å². The van der Waals surface area contributed by atoms with Crippen molar-refractivity contribution in [2.75, 3.05) is 14.2 Å². The zero-order chi connectivity index (χ0) is 14.4. The van der Waals surface area contributed by atoms with Crippen molar-refractivity contribution in [2.45, 2.75) is 32.4 Å². The van der Waals surface area contributed by atoms with Gasteiger partial charge in [0.1, 0.15) is 0 Å². The smallest absolute Gasteiger partial charge is 0.203 e. The number of benzene rings is 1. The third-order valence-corrected chi connectivity index (χ3v) is 3.03. The first kappa shape index (κ1) is 15.9. The van der Waals surface area contributed by atoms with E-state index in [1.54, 1.807) is 14.2 Å². The molecule has 0 bridgehead atoms. The Bertz CT molecular complexity index is 435. The molecule has 0 amide bonds. The molecule has 0 aliphatic carbocycles. The van der Waals surface area contributed by atoms with Crippen LogP contribution in [0.3, 0.4) is 0 Å². The molecule has 5 heteroatoms. The lowest BCUT2D eigenvalue weighted by Gasteiger charge is -2.18. The number of carbonyl (C=O) groups excluding carboxylic acids is 1. The van der Waals surface area contributed by atoms with Crippen molar-refractivity contribution in [3.05, 3.63) is 23.8 Å². The van der Waals surface area contributed by atoms with Crippen molar-refractivity contribution in [3.8, 4) is 11.5 Å². The van der Waals surface area contributed by atoms with Crippen LogP contribution in [0.1, 0.15) is 19.4 Å². The van der Waals surface area contributed by atoms with E-state index in [1.165, 1.54) is 0 Å². The first-order valence-corrected chi connectivity index (χ1v) is 6.62. The Morgan fingerprint density at radius 2 is 1.89 bits per heavy atom. The Morgan fingerprint density at radius 1 is 1.26 bits per heavy atom. The first-order chi connectivity index (χ1) is 8.97. The van der Waals surface area contributed by atoms with Gasteiger partial charge in [-0.1, -0.05) is 19.9 Å². The predicted molar refractivity (Wildman–Crippen MR) is 79.3 cm³/mol. The van der Waals surface area contributed by atoms with E-state index in [9.17, 15) is 4.79 Å². The maximum absolute atomic E-state index is 11.5. The van der Waals surface area contributed by atoms with Crippen LogP contribution >= 0.6 is 12.6 Å². The molecule has 0 heterocycles. The summed E-state index contributed by atoms with van der Waals surface area (Å²) in [5.41, 5.74) is 0.998. The predicted octanol–water partition coefficient (Wildman–Crippen LogP) is 2.07. The molecule has 0 aliphatic heterocycles. The lowest BCUT2D eigenvalue weighted by molar-refractivity contribution is -0.112. The Kier molecular flexibility index (Phi) is 6.18. The van der Waals surface area contributed by atoms with Crippen LogP contribution in [0.2, 0.25) is 0 Å². The lowest BCUT2D eigenvalue weighted by Crippen LogP contribution is -2.40. The van der Waals surface area contributed by atoms with Gasteiger partial charge in [0, 0.05) is 6.04 Å². The third kappa shape index (κ3) is 4.76. The SMILES string of the molecule is COc1ccc(C[C@H](NC(C)C)C(=O)S)cc1OC. The zero-order valence-electron chi connectivity index (χ0n) is 11.8. The van der Waals surface area contributed by atoms with E-state index in [0.29, 0.717) is 17.9 Å². The summed E-state index contributed by atoms with van der Waals surface area (Å²) in [6, 6.07) is 5.56. The van der Waals surface area contributed by atoms with Crippen LogP contribution in [-0.2, 0) is 11.2 Å². The van der Waals surface area contributed by atoms with E-state index < -0.39 is 0 Å². The molecule has 1 N–H and O–H groups in total. The molecule has 106 valence electrons. The fourth-order valence-electron chi connectivity index (χ4n) is 1.86. The zero-order valence-corrected chi connectivity index (χ0v) is 12.7. The van der Waals surface area contributed by atoms with Crippen LogP contribution in [0.5, 0.6) is 11.5 Å². The summed E-state index contributed by atoms with van der Waals surface area (Å²) in [6.07, 6.45) is 0.570. The fraction of sp³-hybridized carbons (Fsp3) is 0.500. The number of hydrogen-bond donors (Lipinski definition) is 2.